The van der Waals surface area contributed by atoms with Gasteiger partial charge in [-0.25, -0.2) is 4.98 Å². The topological polar surface area (TPSA) is 47.0 Å². The van der Waals surface area contributed by atoms with Crippen LogP contribution in [0.2, 0.25) is 0 Å². The second-order valence-corrected chi connectivity index (χ2v) is 7.41. The van der Waals surface area contributed by atoms with Gasteiger partial charge in [0.25, 0.3) is 0 Å². The van der Waals surface area contributed by atoms with Gasteiger partial charge in [0, 0.05) is 34.9 Å². The van der Waals surface area contributed by atoms with Crippen LogP contribution in [0.5, 0.6) is 5.88 Å². The fraction of sp³-hybridized carbons (Fsp3) is 0.130. The molecule has 2 aromatic heterocycles. The predicted octanol–water partition coefficient (Wildman–Crippen LogP) is 5.28. The van der Waals surface area contributed by atoms with Crippen molar-refractivity contribution in [3.63, 3.8) is 0 Å². The van der Waals surface area contributed by atoms with Crippen molar-refractivity contribution in [1.29, 1.82) is 0 Å². The molecule has 1 atom stereocenters. The Morgan fingerprint density at radius 2 is 1.79 bits per heavy atom. The molecule has 4 aromatic rings. The summed E-state index contributed by atoms with van der Waals surface area (Å²) in [6, 6.07) is 22.6. The summed E-state index contributed by atoms with van der Waals surface area (Å²) >= 11 is 3.60. The van der Waals surface area contributed by atoms with E-state index in [1.807, 2.05) is 48.8 Å². The number of pyridine rings is 2. The van der Waals surface area contributed by atoms with Gasteiger partial charge in [0.05, 0.1) is 18.7 Å². The van der Waals surface area contributed by atoms with E-state index in [4.69, 9.17) is 4.74 Å². The molecule has 28 heavy (non-hydrogen) atoms. The van der Waals surface area contributed by atoms with Gasteiger partial charge in [-0.05, 0) is 47.0 Å². The molecule has 0 bridgehead atoms. The molecule has 0 saturated carbocycles. The van der Waals surface area contributed by atoms with Crippen LogP contribution in [0.1, 0.15) is 22.7 Å². The standard InChI is InChI=1S/C23H20BrN3O/c1-28-22-14-20(19-13-18(24)7-8-21(19)27-22)23(17-5-3-2-4-6-17)26-15-16-9-11-25-12-10-16/h2-14,23,26H,15H2,1H3. The molecule has 1 unspecified atom stereocenters. The van der Waals surface area contributed by atoms with E-state index in [0.29, 0.717) is 5.88 Å². The highest BCUT2D eigenvalue weighted by atomic mass is 79.9. The summed E-state index contributed by atoms with van der Waals surface area (Å²) in [6.07, 6.45) is 3.63. The van der Waals surface area contributed by atoms with E-state index >= 15 is 0 Å². The Bertz CT molecular complexity index is 1070. The SMILES string of the molecule is COc1cc(C(NCc2ccncc2)c2ccccc2)c2cc(Br)ccc2n1. The Morgan fingerprint density at radius 3 is 2.54 bits per heavy atom. The van der Waals surface area contributed by atoms with Gasteiger partial charge in [-0.15, -0.1) is 0 Å². The number of ether oxygens (including phenoxy) is 1. The van der Waals surface area contributed by atoms with E-state index in [1.165, 1.54) is 11.1 Å². The van der Waals surface area contributed by atoms with Crippen molar-refractivity contribution in [1.82, 2.24) is 15.3 Å². The van der Waals surface area contributed by atoms with E-state index in [2.05, 4.69) is 61.5 Å². The van der Waals surface area contributed by atoms with Gasteiger partial charge in [0.15, 0.2) is 0 Å². The highest BCUT2D eigenvalue weighted by Crippen LogP contribution is 2.33. The van der Waals surface area contributed by atoms with Gasteiger partial charge in [0.1, 0.15) is 0 Å². The number of methoxy groups -OCH3 is 1. The van der Waals surface area contributed by atoms with Crippen molar-refractivity contribution in [2.45, 2.75) is 12.6 Å². The molecular formula is C23H20BrN3O. The third kappa shape index (κ3) is 4.06. The normalized spacial score (nSPS) is 12.1. The molecule has 5 heteroatoms. The summed E-state index contributed by atoms with van der Waals surface area (Å²) in [4.78, 5) is 8.72. The van der Waals surface area contributed by atoms with Crippen LogP contribution < -0.4 is 10.1 Å². The van der Waals surface area contributed by atoms with E-state index in [-0.39, 0.29) is 6.04 Å². The van der Waals surface area contributed by atoms with Gasteiger partial charge < -0.3 is 10.1 Å². The number of hydrogen-bond donors (Lipinski definition) is 1. The Hall–Kier alpha value is -2.76. The molecule has 2 heterocycles. The number of hydrogen-bond acceptors (Lipinski definition) is 4. The summed E-state index contributed by atoms with van der Waals surface area (Å²) < 4.78 is 6.51. The number of nitrogens with zero attached hydrogens (tertiary/aromatic N) is 2. The number of fused-ring (bicyclic) bond motifs is 1. The number of nitrogens with one attached hydrogen (secondary N) is 1. The van der Waals surface area contributed by atoms with E-state index in [0.717, 1.165) is 27.5 Å². The third-order valence-electron chi connectivity index (χ3n) is 4.69. The Morgan fingerprint density at radius 1 is 1.00 bits per heavy atom. The molecule has 0 amide bonds. The minimum absolute atomic E-state index is 0.0111. The fourth-order valence-electron chi connectivity index (χ4n) is 3.32. The summed E-state index contributed by atoms with van der Waals surface area (Å²) in [5, 5.41) is 4.79. The minimum atomic E-state index is -0.0111. The molecule has 0 aliphatic carbocycles. The summed E-state index contributed by atoms with van der Waals surface area (Å²) in [5.41, 5.74) is 4.40. The highest BCUT2D eigenvalue weighted by Gasteiger charge is 2.19. The minimum Gasteiger partial charge on any atom is -0.481 e. The van der Waals surface area contributed by atoms with Gasteiger partial charge in [-0.3, -0.25) is 4.98 Å². The summed E-state index contributed by atoms with van der Waals surface area (Å²) in [5.74, 6) is 0.608. The second-order valence-electron chi connectivity index (χ2n) is 6.50. The first-order chi connectivity index (χ1) is 13.7. The molecule has 0 fully saturated rings. The number of rotatable bonds is 6. The molecule has 1 N–H and O–H groups in total. The Labute approximate surface area is 172 Å². The average molecular weight is 434 g/mol. The fourth-order valence-corrected chi connectivity index (χ4v) is 3.68. The number of halogens is 1. The zero-order chi connectivity index (χ0) is 19.3. The molecule has 0 aliphatic rings. The molecule has 0 saturated heterocycles. The molecule has 0 radical (unpaired) electrons. The van der Waals surface area contributed by atoms with Gasteiger partial charge in [-0.1, -0.05) is 46.3 Å². The maximum atomic E-state index is 5.48. The van der Waals surface area contributed by atoms with Gasteiger partial charge >= 0.3 is 0 Å². The molecule has 0 spiro atoms. The zero-order valence-electron chi connectivity index (χ0n) is 15.5. The van der Waals surface area contributed by atoms with Crippen molar-refractivity contribution in [2.75, 3.05) is 7.11 Å². The van der Waals surface area contributed by atoms with Crippen LogP contribution in [-0.4, -0.2) is 17.1 Å². The second kappa shape index (κ2) is 8.50. The molecule has 140 valence electrons. The third-order valence-corrected chi connectivity index (χ3v) is 5.19. The largest absolute Gasteiger partial charge is 0.481 e. The highest BCUT2D eigenvalue weighted by molar-refractivity contribution is 9.10. The van der Waals surface area contributed by atoms with Crippen LogP contribution in [0.3, 0.4) is 0 Å². The Balaban J connectivity index is 1.82. The zero-order valence-corrected chi connectivity index (χ0v) is 17.1. The molecule has 0 aliphatic heterocycles. The monoisotopic (exact) mass is 433 g/mol. The lowest BCUT2D eigenvalue weighted by Crippen LogP contribution is -2.22. The van der Waals surface area contributed by atoms with Crippen LogP contribution in [-0.2, 0) is 6.54 Å². The van der Waals surface area contributed by atoms with Crippen molar-refractivity contribution < 1.29 is 4.74 Å². The lowest BCUT2D eigenvalue weighted by Gasteiger charge is -2.22. The van der Waals surface area contributed by atoms with Crippen molar-refractivity contribution >= 4 is 26.8 Å². The first-order valence-electron chi connectivity index (χ1n) is 9.06. The number of aromatic nitrogens is 2. The maximum Gasteiger partial charge on any atom is 0.213 e. The molecule has 4 nitrogen and oxygen atoms in total. The van der Waals surface area contributed by atoms with Crippen LogP contribution in [0.25, 0.3) is 10.9 Å². The first-order valence-corrected chi connectivity index (χ1v) is 9.85. The lowest BCUT2D eigenvalue weighted by molar-refractivity contribution is 0.398. The molecular weight excluding hydrogens is 414 g/mol. The van der Waals surface area contributed by atoms with Crippen molar-refractivity contribution in [3.8, 4) is 5.88 Å². The predicted molar refractivity (Wildman–Crippen MR) is 115 cm³/mol. The smallest absolute Gasteiger partial charge is 0.213 e. The first kappa shape index (κ1) is 18.6. The van der Waals surface area contributed by atoms with Crippen LogP contribution in [0.4, 0.5) is 0 Å². The quantitative estimate of drug-likeness (QED) is 0.449. The number of benzene rings is 2. The lowest BCUT2D eigenvalue weighted by atomic mass is 9.95. The summed E-state index contributed by atoms with van der Waals surface area (Å²) in [6.45, 7) is 0.724. The maximum absolute atomic E-state index is 5.48. The van der Waals surface area contributed by atoms with Crippen LogP contribution in [0, 0.1) is 0 Å². The van der Waals surface area contributed by atoms with E-state index in [9.17, 15) is 0 Å². The summed E-state index contributed by atoms with van der Waals surface area (Å²) in [7, 11) is 1.65. The van der Waals surface area contributed by atoms with Gasteiger partial charge in [-0.2, -0.15) is 0 Å². The molecule has 2 aromatic carbocycles. The van der Waals surface area contributed by atoms with Crippen molar-refractivity contribution in [3.05, 3.63) is 100 Å². The van der Waals surface area contributed by atoms with Crippen molar-refractivity contribution in [2.24, 2.45) is 0 Å². The van der Waals surface area contributed by atoms with Gasteiger partial charge in [0.2, 0.25) is 5.88 Å². The van der Waals surface area contributed by atoms with Crippen LogP contribution in [0.15, 0.2) is 83.6 Å². The molecule has 4 rings (SSSR count). The van der Waals surface area contributed by atoms with E-state index in [1.54, 1.807) is 7.11 Å². The average Bonchev–Trinajstić information content (AvgIpc) is 2.75. The Kier molecular flexibility index (Phi) is 5.65. The van der Waals surface area contributed by atoms with Crippen LogP contribution >= 0.6 is 15.9 Å². The van der Waals surface area contributed by atoms with E-state index < -0.39 is 0 Å².